The first kappa shape index (κ1) is 16.9. The van der Waals surface area contributed by atoms with Gasteiger partial charge in [0.25, 0.3) is 10.2 Å². The first-order chi connectivity index (χ1) is 11.4. The number of para-hydroxylation sites is 1. The van der Waals surface area contributed by atoms with Crippen LogP contribution in [0.3, 0.4) is 0 Å². The van der Waals surface area contributed by atoms with Gasteiger partial charge in [-0.05, 0) is 30.9 Å². The van der Waals surface area contributed by atoms with Crippen molar-refractivity contribution in [2.45, 2.75) is 31.3 Å². The second-order valence-corrected chi connectivity index (χ2v) is 8.22. The Labute approximate surface area is 141 Å². The fraction of sp³-hybridized carbons (Fsp3) is 0.438. The lowest BCUT2D eigenvalue weighted by Crippen LogP contribution is -2.51. The number of amides is 1. The summed E-state index contributed by atoms with van der Waals surface area (Å²) >= 11 is 0. The van der Waals surface area contributed by atoms with Crippen LogP contribution in [0.4, 0.5) is 0 Å². The Hall–Kier alpha value is -1.90. The molecule has 2 aromatic rings. The standard InChI is InChI=1S/C16H22N4O3S/c1-20(2)24(22,23)19-15(16(21)18-12-7-8-12)9-11-10-17-14-6-4-3-5-13(11)14/h3-6,10,12,15,17,19H,7-9H2,1-2H3,(H,18,21)/t15-/m0/s1. The average Bonchev–Trinajstić information content (AvgIpc) is 3.25. The number of aromatic amines is 1. The summed E-state index contributed by atoms with van der Waals surface area (Å²) in [5.74, 6) is -0.284. The van der Waals surface area contributed by atoms with Gasteiger partial charge in [0.2, 0.25) is 5.91 Å². The van der Waals surface area contributed by atoms with Crippen molar-refractivity contribution in [1.82, 2.24) is 19.3 Å². The summed E-state index contributed by atoms with van der Waals surface area (Å²) in [4.78, 5) is 15.6. The van der Waals surface area contributed by atoms with Crippen molar-refractivity contribution in [3.05, 3.63) is 36.0 Å². The molecule has 1 fully saturated rings. The summed E-state index contributed by atoms with van der Waals surface area (Å²) < 4.78 is 27.9. The van der Waals surface area contributed by atoms with Crippen LogP contribution in [0.1, 0.15) is 18.4 Å². The van der Waals surface area contributed by atoms with E-state index in [1.165, 1.54) is 14.1 Å². The molecule has 3 N–H and O–H groups in total. The van der Waals surface area contributed by atoms with Crippen LogP contribution in [0, 0.1) is 0 Å². The third-order valence-electron chi connectivity index (χ3n) is 4.11. The topological polar surface area (TPSA) is 94.3 Å². The highest BCUT2D eigenvalue weighted by atomic mass is 32.2. The molecule has 1 saturated carbocycles. The Balaban J connectivity index is 1.84. The van der Waals surface area contributed by atoms with E-state index in [0.29, 0.717) is 0 Å². The van der Waals surface area contributed by atoms with E-state index in [2.05, 4.69) is 15.0 Å². The number of carbonyl (C=O) groups excluding carboxylic acids is 1. The number of carbonyl (C=O) groups is 1. The fourth-order valence-electron chi connectivity index (χ4n) is 2.52. The van der Waals surface area contributed by atoms with Gasteiger partial charge in [-0.15, -0.1) is 0 Å². The number of hydrogen-bond acceptors (Lipinski definition) is 3. The summed E-state index contributed by atoms with van der Waals surface area (Å²) in [7, 11) is -0.833. The van der Waals surface area contributed by atoms with Crippen molar-refractivity contribution in [2.75, 3.05) is 14.1 Å². The molecule has 1 aromatic heterocycles. The maximum atomic E-state index is 12.5. The van der Waals surface area contributed by atoms with Gasteiger partial charge in [0, 0.05) is 37.2 Å². The lowest BCUT2D eigenvalue weighted by atomic mass is 10.1. The maximum Gasteiger partial charge on any atom is 0.279 e. The van der Waals surface area contributed by atoms with Crippen molar-refractivity contribution in [3.63, 3.8) is 0 Å². The zero-order valence-electron chi connectivity index (χ0n) is 13.7. The minimum absolute atomic E-state index is 0.173. The van der Waals surface area contributed by atoms with E-state index in [9.17, 15) is 13.2 Å². The van der Waals surface area contributed by atoms with Crippen LogP contribution in [0.25, 0.3) is 10.9 Å². The third kappa shape index (κ3) is 3.77. The van der Waals surface area contributed by atoms with E-state index in [1.54, 1.807) is 0 Å². The summed E-state index contributed by atoms with van der Waals surface area (Å²) in [6.45, 7) is 0. The van der Waals surface area contributed by atoms with E-state index in [1.807, 2.05) is 30.5 Å². The Morgan fingerprint density at radius 2 is 2.04 bits per heavy atom. The monoisotopic (exact) mass is 350 g/mol. The summed E-state index contributed by atoms with van der Waals surface area (Å²) in [5, 5.41) is 3.87. The molecule has 0 radical (unpaired) electrons. The van der Waals surface area contributed by atoms with Crippen LogP contribution in [0.2, 0.25) is 0 Å². The minimum Gasteiger partial charge on any atom is -0.361 e. The quantitative estimate of drug-likeness (QED) is 0.688. The normalized spacial score (nSPS) is 16.5. The molecule has 0 bridgehead atoms. The van der Waals surface area contributed by atoms with Crippen molar-refractivity contribution in [3.8, 4) is 0 Å². The van der Waals surface area contributed by atoms with Crippen molar-refractivity contribution in [1.29, 1.82) is 0 Å². The van der Waals surface area contributed by atoms with Crippen LogP contribution in [0.15, 0.2) is 30.5 Å². The molecular formula is C16H22N4O3S. The third-order valence-corrected chi connectivity index (χ3v) is 5.65. The minimum atomic E-state index is -3.70. The van der Waals surface area contributed by atoms with E-state index in [0.717, 1.165) is 33.6 Å². The highest BCUT2D eigenvalue weighted by Crippen LogP contribution is 2.21. The molecule has 3 rings (SSSR count). The lowest BCUT2D eigenvalue weighted by molar-refractivity contribution is -0.122. The van der Waals surface area contributed by atoms with Crippen LogP contribution in [-0.2, 0) is 21.4 Å². The zero-order chi connectivity index (χ0) is 17.3. The molecule has 130 valence electrons. The second kappa shape index (κ2) is 6.54. The Morgan fingerprint density at radius 1 is 1.33 bits per heavy atom. The number of benzene rings is 1. The van der Waals surface area contributed by atoms with Gasteiger partial charge in [-0.2, -0.15) is 17.4 Å². The Kier molecular flexibility index (Phi) is 4.62. The molecule has 1 aliphatic carbocycles. The first-order valence-electron chi connectivity index (χ1n) is 7.92. The highest BCUT2D eigenvalue weighted by molar-refractivity contribution is 7.87. The summed E-state index contributed by atoms with van der Waals surface area (Å²) in [5.41, 5.74) is 1.87. The van der Waals surface area contributed by atoms with Gasteiger partial charge >= 0.3 is 0 Å². The van der Waals surface area contributed by atoms with Gasteiger partial charge in [0.1, 0.15) is 6.04 Å². The maximum absolute atomic E-state index is 12.5. The molecule has 1 heterocycles. The van der Waals surface area contributed by atoms with Crippen LogP contribution in [0.5, 0.6) is 0 Å². The van der Waals surface area contributed by atoms with E-state index in [4.69, 9.17) is 0 Å². The molecule has 0 aliphatic heterocycles. The Bertz CT molecular complexity index is 840. The van der Waals surface area contributed by atoms with Crippen LogP contribution >= 0.6 is 0 Å². The summed E-state index contributed by atoms with van der Waals surface area (Å²) in [6, 6.07) is 7.07. The molecule has 24 heavy (non-hydrogen) atoms. The van der Waals surface area contributed by atoms with Gasteiger partial charge < -0.3 is 10.3 Å². The highest BCUT2D eigenvalue weighted by Gasteiger charge is 2.31. The van der Waals surface area contributed by atoms with Gasteiger partial charge in [-0.3, -0.25) is 4.79 Å². The number of hydrogen-bond donors (Lipinski definition) is 3. The molecule has 1 amide bonds. The molecule has 1 atom stereocenters. The number of fused-ring (bicyclic) bond motifs is 1. The zero-order valence-corrected chi connectivity index (χ0v) is 14.6. The predicted molar refractivity (Wildman–Crippen MR) is 92.7 cm³/mol. The van der Waals surface area contributed by atoms with E-state index < -0.39 is 16.3 Å². The van der Waals surface area contributed by atoms with E-state index >= 15 is 0 Å². The number of aromatic nitrogens is 1. The van der Waals surface area contributed by atoms with Gasteiger partial charge in [0.15, 0.2) is 0 Å². The molecule has 1 aliphatic rings. The molecule has 1 aromatic carbocycles. The first-order valence-corrected chi connectivity index (χ1v) is 9.36. The SMILES string of the molecule is CN(C)S(=O)(=O)N[C@@H](Cc1c[nH]c2ccccc12)C(=O)NC1CC1. The summed E-state index contributed by atoms with van der Waals surface area (Å²) in [6.07, 6.45) is 4.01. The smallest absolute Gasteiger partial charge is 0.279 e. The largest absolute Gasteiger partial charge is 0.361 e. The molecular weight excluding hydrogens is 328 g/mol. The fourth-order valence-corrected chi connectivity index (χ4v) is 3.28. The molecule has 0 saturated heterocycles. The van der Waals surface area contributed by atoms with Gasteiger partial charge in [0.05, 0.1) is 0 Å². The molecule has 0 unspecified atom stereocenters. The predicted octanol–water partition coefficient (Wildman–Crippen LogP) is 0.754. The van der Waals surface area contributed by atoms with Gasteiger partial charge in [-0.1, -0.05) is 18.2 Å². The van der Waals surface area contributed by atoms with Crippen LogP contribution < -0.4 is 10.0 Å². The number of nitrogens with one attached hydrogen (secondary N) is 3. The Morgan fingerprint density at radius 3 is 2.71 bits per heavy atom. The average molecular weight is 350 g/mol. The number of rotatable bonds is 7. The van der Waals surface area contributed by atoms with Crippen molar-refractivity contribution < 1.29 is 13.2 Å². The molecule has 7 nitrogen and oxygen atoms in total. The van der Waals surface area contributed by atoms with Crippen molar-refractivity contribution in [2.24, 2.45) is 0 Å². The van der Waals surface area contributed by atoms with E-state index in [-0.39, 0.29) is 18.4 Å². The number of H-pyrrole nitrogens is 1. The van der Waals surface area contributed by atoms with Gasteiger partial charge in [-0.25, -0.2) is 0 Å². The number of nitrogens with zero attached hydrogens (tertiary/aromatic N) is 1. The second-order valence-electron chi connectivity index (χ2n) is 6.30. The molecule has 8 heteroatoms. The van der Waals surface area contributed by atoms with Crippen LogP contribution in [-0.4, -0.2) is 49.8 Å². The lowest BCUT2D eigenvalue weighted by Gasteiger charge is -2.20. The van der Waals surface area contributed by atoms with Crippen molar-refractivity contribution >= 4 is 27.0 Å². The molecule has 0 spiro atoms.